The van der Waals surface area contributed by atoms with Gasteiger partial charge in [0.05, 0.1) is 33.8 Å². The van der Waals surface area contributed by atoms with E-state index in [-0.39, 0.29) is 32.0 Å². The molecule has 0 aliphatic carbocycles. The van der Waals surface area contributed by atoms with Crippen molar-refractivity contribution < 1.29 is 49.9 Å². The summed E-state index contributed by atoms with van der Waals surface area (Å²) in [5, 5.41) is 0.494. The number of nitrogens with zero attached hydrogens (tertiary/aromatic N) is 2. The van der Waals surface area contributed by atoms with Crippen molar-refractivity contribution in [3.63, 3.8) is 0 Å². The molecule has 48 heavy (non-hydrogen) atoms. The van der Waals surface area contributed by atoms with Gasteiger partial charge in [-0.1, -0.05) is 51.3 Å². The van der Waals surface area contributed by atoms with Crippen molar-refractivity contribution >= 4 is 74.4 Å². The summed E-state index contributed by atoms with van der Waals surface area (Å²) in [4.78, 5) is 28.0. The third kappa shape index (κ3) is 8.94. The van der Waals surface area contributed by atoms with Gasteiger partial charge in [0, 0.05) is 27.5 Å². The van der Waals surface area contributed by atoms with Gasteiger partial charge in [0.25, 0.3) is 0 Å². The minimum absolute atomic E-state index is 0.0223. The molecular weight excluding hydrogens is 784 g/mol. The zero-order valence-corrected chi connectivity index (χ0v) is 30.4. The molecule has 1 aromatic heterocycles. The molecule has 11 nitrogen and oxygen atoms in total. The van der Waals surface area contributed by atoms with E-state index in [0.29, 0.717) is 22.6 Å². The van der Waals surface area contributed by atoms with E-state index < -0.39 is 47.2 Å². The average molecular weight is 812 g/mol. The van der Waals surface area contributed by atoms with E-state index >= 15 is 8.78 Å². The van der Waals surface area contributed by atoms with Crippen LogP contribution in [0.25, 0.3) is 11.3 Å². The van der Waals surface area contributed by atoms with Gasteiger partial charge in [0.2, 0.25) is 6.29 Å². The Labute approximate surface area is 293 Å². The van der Waals surface area contributed by atoms with E-state index in [4.69, 9.17) is 32.4 Å². The van der Waals surface area contributed by atoms with Gasteiger partial charge in [0.1, 0.15) is 0 Å². The van der Waals surface area contributed by atoms with E-state index in [9.17, 15) is 22.7 Å². The lowest BCUT2D eigenvalue weighted by molar-refractivity contribution is -0.0766. The third-order valence-electron chi connectivity index (χ3n) is 6.44. The molecule has 1 heterocycles. The molecule has 0 bridgehead atoms. The molecule has 0 aliphatic heterocycles. The third-order valence-corrected chi connectivity index (χ3v) is 10.5. The molecule has 1 N–H and O–H groups in total. The molecule has 258 valence electrons. The Morgan fingerprint density at radius 2 is 1.73 bits per heavy atom. The number of alkyl halides is 2. The van der Waals surface area contributed by atoms with Crippen LogP contribution in [-0.2, 0) is 40.6 Å². The number of sulfone groups is 1. The summed E-state index contributed by atoms with van der Waals surface area (Å²) in [6, 6.07) is 14.3. The van der Waals surface area contributed by atoms with Crippen LogP contribution < -0.4 is 4.90 Å². The van der Waals surface area contributed by atoms with E-state index in [0.717, 1.165) is 19.2 Å². The van der Waals surface area contributed by atoms with Gasteiger partial charge < -0.3 is 18.8 Å². The topological polar surface area (TPSA) is 145 Å². The molecule has 0 saturated carbocycles. The Morgan fingerprint density at radius 1 is 1.06 bits per heavy atom. The summed E-state index contributed by atoms with van der Waals surface area (Å²) in [7, 11) is -9.18. The van der Waals surface area contributed by atoms with Crippen molar-refractivity contribution in [2.75, 3.05) is 11.2 Å². The first-order chi connectivity index (χ1) is 22.3. The second kappa shape index (κ2) is 14.8. The van der Waals surface area contributed by atoms with Gasteiger partial charge in [-0.25, -0.2) is 18.2 Å². The summed E-state index contributed by atoms with van der Waals surface area (Å²) < 4.78 is 87.0. The molecule has 0 radical (unpaired) electrons. The molecular formula is C30H28BrCl2F2N2O9PS. The number of benzene rings is 3. The van der Waals surface area contributed by atoms with Crippen LogP contribution in [0.15, 0.2) is 80.6 Å². The Balaban J connectivity index is 1.62. The normalized spacial score (nSPS) is 14.0. The number of hydrogen-bond acceptors (Lipinski definition) is 10. The molecule has 0 fully saturated rings. The number of anilines is 2. The van der Waals surface area contributed by atoms with E-state index in [1.165, 1.54) is 44.3 Å². The number of oxazole rings is 1. The van der Waals surface area contributed by atoms with Crippen molar-refractivity contribution in [1.29, 1.82) is 0 Å². The zero-order chi connectivity index (χ0) is 35.6. The SMILES string of the molecule is CC(C)OC(=O)OC(C)OP(=O)(O)C(F)(F)c1ccc(CN(c2ccc(Cl)c(Cl)c2)c2ncc(-c3ccc(S(C)(=O)=O)cc3)o2)cc1Br. The highest BCUT2D eigenvalue weighted by molar-refractivity contribution is 9.10. The highest BCUT2D eigenvalue weighted by Gasteiger charge is 2.55. The number of carbonyl (C=O) groups is 1. The van der Waals surface area contributed by atoms with Crippen LogP contribution >= 0.6 is 46.7 Å². The minimum atomic E-state index is -5.77. The first kappa shape index (κ1) is 37.8. The first-order valence-electron chi connectivity index (χ1n) is 13.8. The summed E-state index contributed by atoms with van der Waals surface area (Å²) in [5.41, 5.74) is -3.87. The average Bonchev–Trinajstić information content (AvgIpc) is 3.46. The van der Waals surface area contributed by atoms with Crippen molar-refractivity contribution in [2.24, 2.45) is 0 Å². The Morgan fingerprint density at radius 3 is 2.31 bits per heavy atom. The predicted octanol–water partition coefficient (Wildman–Crippen LogP) is 9.31. The second-order valence-electron chi connectivity index (χ2n) is 10.6. The van der Waals surface area contributed by atoms with Crippen LogP contribution in [0.3, 0.4) is 0 Å². The molecule has 3 aromatic carbocycles. The largest absolute Gasteiger partial charge is 0.510 e. The lowest BCUT2D eigenvalue weighted by Gasteiger charge is -2.26. The smallest absolute Gasteiger partial charge is 0.432 e. The van der Waals surface area contributed by atoms with Crippen LogP contribution in [0.2, 0.25) is 10.0 Å². The summed E-state index contributed by atoms with van der Waals surface area (Å²) in [6.07, 6.45) is -1.15. The van der Waals surface area contributed by atoms with Gasteiger partial charge in [-0.05, 0) is 74.9 Å². The highest BCUT2D eigenvalue weighted by Crippen LogP contribution is 2.64. The number of halogens is 5. The summed E-state index contributed by atoms with van der Waals surface area (Å²) in [6.45, 7) is 4.02. The van der Waals surface area contributed by atoms with Crippen LogP contribution in [-0.4, -0.2) is 43.1 Å². The van der Waals surface area contributed by atoms with Crippen LogP contribution in [0.5, 0.6) is 0 Å². The van der Waals surface area contributed by atoms with Crippen LogP contribution in [0, 0.1) is 0 Å². The predicted molar refractivity (Wildman–Crippen MR) is 178 cm³/mol. The van der Waals surface area contributed by atoms with Gasteiger partial charge in [-0.15, -0.1) is 0 Å². The molecule has 18 heteroatoms. The monoisotopic (exact) mass is 810 g/mol. The number of ether oxygens (including phenoxy) is 2. The minimum Gasteiger partial charge on any atom is -0.432 e. The maximum absolute atomic E-state index is 15.4. The molecule has 4 aromatic rings. The van der Waals surface area contributed by atoms with Crippen LogP contribution in [0.1, 0.15) is 31.9 Å². The van der Waals surface area contributed by atoms with Gasteiger partial charge in [-0.3, -0.25) is 14.0 Å². The van der Waals surface area contributed by atoms with Crippen LogP contribution in [0.4, 0.5) is 25.3 Å². The van der Waals surface area contributed by atoms with E-state index in [1.807, 2.05) is 0 Å². The zero-order valence-electron chi connectivity index (χ0n) is 25.6. The number of aromatic nitrogens is 1. The Kier molecular flexibility index (Phi) is 11.7. The lowest BCUT2D eigenvalue weighted by Crippen LogP contribution is -2.24. The van der Waals surface area contributed by atoms with E-state index in [2.05, 4.69) is 30.2 Å². The number of rotatable bonds is 12. The van der Waals surface area contributed by atoms with Crippen molar-refractivity contribution in [3.8, 4) is 11.3 Å². The van der Waals surface area contributed by atoms with Crippen molar-refractivity contribution in [1.82, 2.24) is 4.98 Å². The summed E-state index contributed by atoms with van der Waals surface area (Å²) in [5.74, 6) is 0.306. The maximum atomic E-state index is 15.4. The fourth-order valence-electron chi connectivity index (χ4n) is 4.19. The Hall–Kier alpha value is -3.04. The van der Waals surface area contributed by atoms with Gasteiger partial charge in [0.15, 0.2) is 15.6 Å². The standard InChI is InChI=1S/C30H28BrCl2F2N2O9PS/c1-17(2)43-29(38)44-18(3)46-47(39,40)30(34,35)23-11-5-19(13-24(23)31)16-37(21-8-12-25(32)26(33)14-21)28-36-15-27(45-28)20-6-9-22(10-7-20)48(4,41)42/h5-15,17-18H,16H2,1-4H3,(H,39,40). The number of carbonyl (C=O) groups excluding carboxylic acids is 1. The van der Waals surface area contributed by atoms with Crippen molar-refractivity contribution in [3.05, 3.63) is 92.5 Å². The Bertz CT molecular complexity index is 1960. The maximum Gasteiger partial charge on any atom is 0.510 e. The summed E-state index contributed by atoms with van der Waals surface area (Å²) >= 11 is 15.5. The molecule has 2 unspecified atom stereocenters. The number of hydrogen-bond donors (Lipinski definition) is 1. The lowest BCUT2D eigenvalue weighted by atomic mass is 10.1. The molecule has 0 amide bonds. The molecule has 2 atom stereocenters. The highest BCUT2D eigenvalue weighted by atomic mass is 79.9. The molecule has 4 rings (SSSR count). The molecule has 0 saturated heterocycles. The van der Waals surface area contributed by atoms with E-state index in [1.54, 1.807) is 35.2 Å². The fraction of sp³-hybridized carbons (Fsp3) is 0.267. The quantitative estimate of drug-likeness (QED) is 0.0830. The second-order valence-corrected chi connectivity index (χ2v) is 16.1. The van der Waals surface area contributed by atoms with Crippen molar-refractivity contribution in [2.45, 2.75) is 50.3 Å². The first-order valence-corrected chi connectivity index (χ1v) is 18.8. The van der Waals surface area contributed by atoms with Gasteiger partial charge >= 0.3 is 25.4 Å². The van der Waals surface area contributed by atoms with Gasteiger partial charge in [-0.2, -0.15) is 8.78 Å². The molecule has 0 aliphatic rings. The fourth-order valence-corrected chi connectivity index (χ4v) is 7.02. The molecule has 0 spiro atoms.